The Morgan fingerprint density at radius 2 is 1.96 bits per heavy atom. The molecule has 2 N–H and O–H groups in total. The lowest BCUT2D eigenvalue weighted by molar-refractivity contribution is -0.124. The van der Waals surface area contributed by atoms with Gasteiger partial charge in [-0.05, 0) is 35.4 Å². The van der Waals surface area contributed by atoms with Gasteiger partial charge >= 0.3 is 0 Å². The van der Waals surface area contributed by atoms with E-state index < -0.39 is 0 Å². The van der Waals surface area contributed by atoms with Gasteiger partial charge in [-0.15, -0.1) is 0 Å². The Hall–Kier alpha value is -2.47. The van der Waals surface area contributed by atoms with Gasteiger partial charge in [0.1, 0.15) is 12.5 Å². The standard InChI is InChI=1S/C20H23BN2O3/c1-21(2)11-17-18(14-6-4-5-7-16(14)22-17)19-15-10-12(24)8-9-13(15)20(25)23(19)26-3/h4-10,17-19,22,24H,11H2,1-3H3. The Morgan fingerprint density at radius 1 is 1.19 bits per heavy atom. The highest BCUT2D eigenvalue weighted by Crippen LogP contribution is 2.51. The number of para-hydroxylation sites is 1. The van der Waals surface area contributed by atoms with Gasteiger partial charge in [0.15, 0.2) is 0 Å². The van der Waals surface area contributed by atoms with Gasteiger partial charge in [-0.3, -0.25) is 9.63 Å². The maximum atomic E-state index is 12.8. The Labute approximate surface area is 154 Å². The van der Waals surface area contributed by atoms with Crippen LogP contribution < -0.4 is 5.32 Å². The summed E-state index contributed by atoms with van der Waals surface area (Å²) in [6, 6.07) is 13.1. The van der Waals surface area contributed by atoms with Crippen molar-refractivity contribution >= 4 is 18.3 Å². The molecule has 6 heteroatoms. The van der Waals surface area contributed by atoms with E-state index in [0.717, 1.165) is 17.6 Å². The molecule has 2 aliphatic rings. The van der Waals surface area contributed by atoms with Crippen LogP contribution in [0.15, 0.2) is 42.5 Å². The molecule has 0 saturated heterocycles. The molecule has 26 heavy (non-hydrogen) atoms. The van der Waals surface area contributed by atoms with Crippen molar-refractivity contribution in [3.05, 3.63) is 59.2 Å². The van der Waals surface area contributed by atoms with Crippen LogP contribution in [0.3, 0.4) is 0 Å². The van der Waals surface area contributed by atoms with Crippen LogP contribution in [0.1, 0.15) is 33.4 Å². The first kappa shape index (κ1) is 17.0. The van der Waals surface area contributed by atoms with Crippen molar-refractivity contribution in [1.29, 1.82) is 0 Å². The molecule has 1 amide bonds. The number of phenolic OH excluding ortho intramolecular Hbond substituents is 1. The molecular formula is C20H23BN2O3. The monoisotopic (exact) mass is 350 g/mol. The summed E-state index contributed by atoms with van der Waals surface area (Å²) in [6.07, 6.45) is 0.982. The molecule has 0 spiro atoms. The number of aromatic hydroxyl groups is 1. The number of anilines is 1. The predicted molar refractivity (Wildman–Crippen MR) is 103 cm³/mol. The summed E-state index contributed by atoms with van der Waals surface area (Å²) in [7, 11) is 1.53. The minimum Gasteiger partial charge on any atom is -0.508 e. The highest BCUT2D eigenvalue weighted by atomic mass is 16.7. The summed E-state index contributed by atoms with van der Waals surface area (Å²) in [5.41, 5.74) is 3.73. The van der Waals surface area contributed by atoms with Gasteiger partial charge < -0.3 is 10.4 Å². The Balaban J connectivity index is 1.85. The zero-order valence-electron chi connectivity index (χ0n) is 15.3. The van der Waals surface area contributed by atoms with E-state index in [2.05, 4.69) is 31.1 Å². The molecule has 0 fully saturated rings. The van der Waals surface area contributed by atoms with Crippen molar-refractivity contribution in [2.75, 3.05) is 12.4 Å². The first-order valence-corrected chi connectivity index (χ1v) is 9.07. The molecule has 4 rings (SSSR count). The quantitative estimate of drug-likeness (QED) is 0.824. The molecule has 3 atom stereocenters. The molecule has 0 bridgehead atoms. The first-order valence-electron chi connectivity index (χ1n) is 9.07. The Morgan fingerprint density at radius 3 is 2.69 bits per heavy atom. The fourth-order valence-corrected chi connectivity index (χ4v) is 4.43. The third-order valence-corrected chi connectivity index (χ3v) is 5.39. The molecule has 2 heterocycles. The summed E-state index contributed by atoms with van der Waals surface area (Å²) in [5.74, 6) is 0.0693. The number of hydrogen-bond acceptors (Lipinski definition) is 4. The van der Waals surface area contributed by atoms with Gasteiger partial charge in [0.25, 0.3) is 5.91 Å². The van der Waals surface area contributed by atoms with Crippen LogP contribution in [0, 0.1) is 0 Å². The number of amides is 1. The van der Waals surface area contributed by atoms with Crippen LogP contribution in [-0.4, -0.2) is 35.9 Å². The van der Waals surface area contributed by atoms with E-state index >= 15 is 0 Å². The van der Waals surface area contributed by atoms with E-state index in [1.54, 1.807) is 18.2 Å². The molecule has 0 aliphatic carbocycles. The number of nitrogens with one attached hydrogen (secondary N) is 1. The summed E-state index contributed by atoms with van der Waals surface area (Å²) in [5, 5.41) is 15.1. The van der Waals surface area contributed by atoms with Crippen LogP contribution in [-0.2, 0) is 4.84 Å². The molecule has 0 radical (unpaired) electrons. The second kappa shape index (κ2) is 6.36. The van der Waals surface area contributed by atoms with Gasteiger partial charge in [-0.25, -0.2) is 5.06 Å². The fraction of sp³-hybridized carbons (Fsp3) is 0.350. The van der Waals surface area contributed by atoms with Crippen molar-refractivity contribution in [3.8, 4) is 5.75 Å². The van der Waals surface area contributed by atoms with E-state index in [-0.39, 0.29) is 29.7 Å². The van der Waals surface area contributed by atoms with Crippen molar-refractivity contribution in [2.45, 2.75) is 38.0 Å². The molecule has 5 nitrogen and oxygen atoms in total. The smallest absolute Gasteiger partial charge is 0.278 e. The Kier molecular flexibility index (Phi) is 4.15. The number of carbonyl (C=O) groups excluding carboxylic acids is 1. The highest BCUT2D eigenvalue weighted by molar-refractivity contribution is 6.56. The maximum absolute atomic E-state index is 12.8. The van der Waals surface area contributed by atoms with Crippen LogP contribution in [0.5, 0.6) is 5.75 Å². The molecule has 134 valence electrons. The van der Waals surface area contributed by atoms with Crippen LogP contribution in [0.4, 0.5) is 5.69 Å². The summed E-state index contributed by atoms with van der Waals surface area (Å²) < 4.78 is 0. The third-order valence-electron chi connectivity index (χ3n) is 5.39. The zero-order valence-corrected chi connectivity index (χ0v) is 15.3. The number of fused-ring (bicyclic) bond motifs is 2. The van der Waals surface area contributed by atoms with E-state index in [0.29, 0.717) is 12.3 Å². The fourth-order valence-electron chi connectivity index (χ4n) is 4.43. The normalized spacial score (nSPS) is 23.6. The van der Waals surface area contributed by atoms with Crippen LogP contribution >= 0.6 is 0 Å². The van der Waals surface area contributed by atoms with Crippen molar-refractivity contribution in [3.63, 3.8) is 0 Å². The minimum atomic E-state index is -0.269. The number of phenols is 1. The number of rotatable bonds is 4. The van der Waals surface area contributed by atoms with Gasteiger partial charge in [0.2, 0.25) is 0 Å². The average Bonchev–Trinajstić information content (AvgIpc) is 3.08. The molecule has 3 unspecified atom stereocenters. The maximum Gasteiger partial charge on any atom is 0.278 e. The molecule has 2 aromatic carbocycles. The average molecular weight is 350 g/mol. The lowest BCUT2D eigenvalue weighted by atomic mass is 9.49. The van der Waals surface area contributed by atoms with Crippen molar-refractivity contribution in [1.82, 2.24) is 5.06 Å². The van der Waals surface area contributed by atoms with Gasteiger partial charge in [-0.2, -0.15) is 0 Å². The molecule has 2 aromatic rings. The minimum absolute atomic E-state index is 0.0561. The van der Waals surface area contributed by atoms with Crippen molar-refractivity contribution < 1.29 is 14.7 Å². The molecule has 2 aliphatic heterocycles. The number of nitrogens with zero attached hydrogens (tertiary/aromatic N) is 1. The van der Waals surface area contributed by atoms with E-state index in [9.17, 15) is 9.90 Å². The first-order chi connectivity index (χ1) is 12.5. The lowest BCUT2D eigenvalue weighted by Gasteiger charge is -2.32. The van der Waals surface area contributed by atoms with Crippen LogP contribution in [0.25, 0.3) is 0 Å². The van der Waals surface area contributed by atoms with Crippen molar-refractivity contribution in [2.24, 2.45) is 0 Å². The van der Waals surface area contributed by atoms with E-state index in [1.165, 1.54) is 17.7 Å². The molecule has 0 saturated carbocycles. The summed E-state index contributed by atoms with van der Waals surface area (Å²) in [6.45, 7) is 4.92. The second-order valence-electron chi connectivity index (χ2n) is 7.52. The topological polar surface area (TPSA) is 61.8 Å². The predicted octanol–water partition coefficient (Wildman–Crippen LogP) is 3.78. The lowest BCUT2D eigenvalue weighted by Crippen LogP contribution is -2.36. The summed E-state index contributed by atoms with van der Waals surface area (Å²) >= 11 is 0. The highest BCUT2D eigenvalue weighted by Gasteiger charge is 2.48. The number of benzene rings is 2. The van der Waals surface area contributed by atoms with Gasteiger partial charge in [-0.1, -0.05) is 38.2 Å². The number of hydrogen-bond donors (Lipinski definition) is 2. The largest absolute Gasteiger partial charge is 0.508 e. The third kappa shape index (κ3) is 2.56. The van der Waals surface area contributed by atoms with E-state index in [1.807, 2.05) is 12.1 Å². The number of carbonyl (C=O) groups is 1. The number of hydroxylamine groups is 2. The SMILES string of the molecule is CON1C(=O)c2ccc(O)cc2C1C1c2ccccc2NC1CB(C)C. The zero-order chi connectivity index (χ0) is 18.4. The van der Waals surface area contributed by atoms with Gasteiger partial charge in [0, 0.05) is 23.2 Å². The Bertz CT molecular complexity index is 855. The van der Waals surface area contributed by atoms with Gasteiger partial charge in [0.05, 0.1) is 13.2 Å². The molecular weight excluding hydrogens is 327 g/mol. The summed E-state index contributed by atoms with van der Waals surface area (Å²) in [4.78, 5) is 18.4. The molecule has 0 aromatic heterocycles. The second-order valence-corrected chi connectivity index (χ2v) is 7.52. The van der Waals surface area contributed by atoms with E-state index in [4.69, 9.17) is 4.84 Å². The van der Waals surface area contributed by atoms with Crippen LogP contribution in [0.2, 0.25) is 20.0 Å².